The highest BCUT2D eigenvalue weighted by atomic mass is 16.6. The maximum Gasteiger partial charge on any atom is 0.340 e. The number of pyridine rings is 1. The van der Waals surface area contributed by atoms with Gasteiger partial charge in [0.15, 0.2) is 0 Å². The SMILES string of the molecule is Cc1ccc(-c2[nH]c3ccccc3c(=O)c2[N+](=O)[O-])cc1. The van der Waals surface area contributed by atoms with Gasteiger partial charge in [0.2, 0.25) is 0 Å². The number of rotatable bonds is 2. The fraction of sp³-hybridized carbons (Fsp3) is 0.0625. The number of aryl methyl sites for hydroxylation is 1. The number of nitrogens with one attached hydrogen (secondary N) is 1. The molecule has 0 spiro atoms. The molecular weight excluding hydrogens is 268 g/mol. The molecule has 3 aromatic rings. The molecule has 3 rings (SSSR count). The Morgan fingerprint density at radius 3 is 2.38 bits per heavy atom. The third kappa shape index (κ3) is 2.18. The normalized spacial score (nSPS) is 10.7. The van der Waals surface area contributed by atoms with E-state index in [0.717, 1.165) is 5.56 Å². The Morgan fingerprint density at radius 1 is 1.05 bits per heavy atom. The summed E-state index contributed by atoms with van der Waals surface area (Å²) in [5.74, 6) is 0. The lowest BCUT2D eigenvalue weighted by atomic mass is 10.1. The Hall–Kier alpha value is -2.95. The van der Waals surface area contributed by atoms with Crippen LogP contribution < -0.4 is 5.43 Å². The first-order chi connectivity index (χ1) is 10.1. The van der Waals surface area contributed by atoms with E-state index in [9.17, 15) is 14.9 Å². The van der Waals surface area contributed by atoms with Gasteiger partial charge in [-0.15, -0.1) is 0 Å². The molecule has 1 N–H and O–H groups in total. The van der Waals surface area contributed by atoms with Crippen molar-refractivity contribution in [3.8, 4) is 11.3 Å². The fourth-order valence-corrected chi connectivity index (χ4v) is 2.33. The Morgan fingerprint density at radius 2 is 1.71 bits per heavy atom. The molecule has 0 saturated heterocycles. The number of fused-ring (bicyclic) bond motifs is 1. The first-order valence-electron chi connectivity index (χ1n) is 6.44. The van der Waals surface area contributed by atoms with Gasteiger partial charge in [-0.25, -0.2) is 0 Å². The van der Waals surface area contributed by atoms with E-state index >= 15 is 0 Å². The van der Waals surface area contributed by atoms with Gasteiger partial charge >= 0.3 is 5.69 Å². The first kappa shape index (κ1) is 13.1. The van der Waals surface area contributed by atoms with E-state index in [1.165, 1.54) is 0 Å². The van der Waals surface area contributed by atoms with Gasteiger partial charge < -0.3 is 4.98 Å². The molecule has 1 aromatic heterocycles. The molecule has 5 nitrogen and oxygen atoms in total. The molecule has 0 radical (unpaired) electrons. The summed E-state index contributed by atoms with van der Waals surface area (Å²) in [5, 5.41) is 11.6. The van der Waals surface area contributed by atoms with Crippen molar-refractivity contribution in [2.24, 2.45) is 0 Å². The smallest absolute Gasteiger partial charge is 0.340 e. The van der Waals surface area contributed by atoms with Crippen LogP contribution in [0.3, 0.4) is 0 Å². The van der Waals surface area contributed by atoms with E-state index in [-0.39, 0.29) is 5.69 Å². The van der Waals surface area contributed by atoms with Crippen LogP contribution in [0.15, 0.2) is 53.3 Å². The quantitative estimate of drug-likeness (QED) is 0.577. The molecule has 0 saturated carbocycles. The van der Waals surface area contributed by atoms with Gasteiger partial charge in [0.05, 0.1) is 15.8 Å². The number of aromatic nitrogens is 1. The molecular formula is C16H12N2O3. The molecule has 0 unspecified atom stereocenters. The third-order valence-electron chi connectivity index (χ3n) is 3.41. The van der Waals surface area contributed by atoms with Crippen molar-refractivity contribution in [3.63, 3.8) is 0 Å². The summed E-state index contributed by atoms with van der Waals surface area (Å²) >= 11 is 0. The van der Waals surface area contributed by atoms with Gasteiger partial charge in [-0.2, -0.15) is 0 Å². The van der Waals surface area contributed by atoms with E-state index < -0.39 is 16.0 Å². The second-order valence-electron chi connectivity index (χ2n) is 4.85. The van der Waals surface area contributed by atoms with E-state index in [4.69, 9.17) is 0 Å². The minimum atomic E-state index is -0.625. The Kier molecular flexibility index (Phi) is 3.02. The maximum atomic E-state index is 12.4. The molecule has 104 valence electrons. The van der Waals surface area contributed by atoms with Gasteiger partial charge in [-0.1, -0.05) is 42.0 Å². The van der Waals surface area contributed by atoms with Crippen molar-refractivity contribution in [3.05, 3.63) is 74.4 Å². The van der Waals surface area contributed by atoms with Gasteiger partial charge in [-0.05, 0) is 19.1 Å². The van der Waals surface area contributed by atoms with Crippen molar-refractivity contribution < 1.29 is 4.92 Å². The predicted octanol–water partition coefficient (Wildman–Crippen LogP) is 3.41. The second kappa shape index (κ2) is 4.86. The minimum absolute atomic E-state index is 0.240. The summed E-state index contributed by atoms with van der Waals surface area (Å²) in [6.45, 7) is 1.93. The standard InChI is InChI=1S/C16H12N2O3/c1-10-6-8-11(9-7-10)14-15(18(20)21)16(19)12-4-2-3-5-13(12)17-14/h2-9H,1H3,(H,17,19). The van der Waals surface area contributed by atoms with Crippen LogP contribution in [0, 0.1) is 17.0 Å². The lowest BCUT2D eigenvalue weighted by Crippen LogP contribution is -2.11. The molecule has 2 aromatic carbocycles. The van der Waals surface area contributed by atoms with Crippen LogP contribution in [0.25, 0.3) is 22.2 Å². The second-order valence-corrected chi connectivity index (χ2v) is 4.85. The Labute approximate surface area is 120 Å². The van der Waals surface area contributed by atoms with E-state index in [2.05, 4.69) is 4.98 Å². The van der Waals surface area contributed by atoms with Crippen molar-refractivity contribution in [2.45, 2.75) is 6.92 Å². The third-order valence-corrected chi connectivity index (χ3v) is 3.41. The number of nitro groups is 1. The zero-order chi connectivity index (χ0) is 15.0. The zero-order valence-electron chi connectivity index (χ0n) is 11.3. The largest absolute Gasteiger partial charge is 0.349 e. The Bertz CT molecular complexity index is 896. The number of para-hydroxylation sites is 1. The molecule has 0 aliphatic heterocycles. The molecule has 0 aliphatic carbocycles. The van der Waals surface area contributed by atoms with Gasteiger partial charge in [0.1, 0.15) is 5.69 Å². The molecule has 21 heavy (non-hydrogen) atoms. The molecule has 0 atom stereocenters. The highest BCUT2D eigenvalue weighted by Gasteiger charge is 2.23. The van der Waals surface area contributed by atoms with Gasteiger partial charge in [-0.3, -0.25) is 14.9 Å². The molecule has 1 heterocycles. The molecule has 0 aliphatic rings. The summed E-state index contributed by atoms with van der Waals surface area (Å²) < 4.78 is 0. The lowest BCUT2D eigenvalue weighted by Gasteiger charge is -2.06. The molecule has 0 bridgehead atoms. The zero-order valence-corrected chi connectivity index (χ0v) is 11.3. The topological polar surface area (TPSA) is 76.0 Å². The summed E-state index contributed by atoms with van der Waals surface area (Å²) in [4.78, 5) is 26.1. The number of nitrogens with zero attached hydrogens (tertiary/aromatic N) is 1. The lowest BCUT2D eigenvalue weighted by molar-refractivity contribution is -0.385. The van der Waals surface area contributed by atoms with E-state index in [1.54, 1.807) is 36.4 Å². The highest BCUT2D eigenvalue weighted by Crippen LogP contribution is 2.27. The summed E-state index contributed by atoms with van der Waals surface area (Å²) in [6.07, 6.45) is 0. The number of hydrogen-bond acceptors (Lipinski definition) is 3. The van der Waals surface area contributed by atoms with Crippen LogP contribution in [0.5, 0.6) is 0 Å². The van der Waals surface area contributed by atoms with Crippen molar-refractivity contribution in [1.82, 2.24) is 4.98 Å². The van der Waals surface area contributed by atoms with Crippen LogP contribution >= 0.6 is 0 Å². The average Bonchev–Trinajstić information content (AvgIpc) is 2.47. The van der Waals surface area contributed by atoms with Gasteiger partial charge in [0.25, 0.3) is 5.43 Å². The monoisotopic (exact) mass is 280 g/mol. The van der Waals surface area contributed by atoms with Crippen molar-refractivity contribution in [2.75, 3.05) is 0 Å². The molecule has 0 amide bonds. The summed E-state index contributed by atoms with van der Waals surface area (Å²) in [6, 6.07) is 14.0. The minimum Gasteiger partial charge on any atom is -0.349 e. The number of H-pyrrole nitrogens is 1. The fourth-order valence-electron chi connectivity index (χ4n) is 2.33. The molecule has 5 heteroatoms. The summed E-state index contributed by atoms with van der Waals surface area (Å²) in [5.41, 5.74) is 1.51. The molecule has 0 fully saturated rings. The van der Waals surface area contributed by atoms with Crippen molar-refractivity contribution in [1.29, 1.82) is 0 Å². The van der Waals surface area contributed by atoms with Gasteiger partial charge in [0, 0.05) is 5.56 Å². The van der Waals surface area contributed by atoms with Crippen LogP contribution in [-0.2, 0) is 0 Å². The van der Waals surface area contributed by atoms with E-state index in [0.29, 0.717) is 16.5 Å². The number of benzene rings is 2. The van der Waals surface area contributed by atoms with Crippen LogP contribution in [-0.4, -0.2) is 9.91 Å². The summed E-state index contributed by atoms with van der Waals surface area (Å²) in [7, 11) is 0. The average molecular weight is 280 g/mol. The Balaban J connectivity index is 2.40. The first-order valence-corrected chi connectivity index (χ1v) is 6.44. The predicted molar refractivity (Wildman–Crippen MR) is 81.4 cm³/mol. The number of hydrogen-bond donors (Lipinski definition) is 1. The van der Waals surface area contributed by atoms with Crippen LogP contribution in [0.1, 0.15) is 5.56 Å². The van der Waals surface area contributed by atoms with E-state index in [1.807, 2.05) is 19.1 Å². The van der Waals surface area contributed by atoms with Crippen LogP contribution in [0.4, 0.5) is 5.69 Å². The highest BCUT2D eigenvalue weighted by molar-refractivity contribution is 5.86. The maximum absolute atomic E-state index is 12.4. The van der Waals surface area contributed by atoms with Crippen molar-refractivity contribution >= 4 is 16.6 Å². The van der Waals surface area contributed by atoms with Crippen LogP contribution in [0.2, 0.25) is 0 Å². The number of aromatic amines is 1.